The van der Waals surface area contributed by atoms with Gasteiger partial charge in [-0.2, -0.15) is 4.98 Å². The number of ether oxygens (including phenoxy) is 1. The van der Waals surface area contributed by atoms with E-state index in [-0.39, 0.29) is 13.2 Å². The van der Waals surface area contributed by atoms with E-state index >= 15 is 0 Å². The molecule has 3 aromatic rings. The largest absolute Gasteiger partial charge is 0.490 e. The SMILES string of the molecule is CCc1cc(-c2noc(-c3cc(CC(C)C)cc(C)n3)n2)cc(C)c1OC[C@@H](O)CN. The maximum absolute atomic E-state index is 9.72. The van der Waals surface area contributed by atoms with Gasteiger partial charge in [-0.25, -0.2) is 4.98 Å². The standard InChI is InChI=1S/C24H32N4O3/c1-6-18-11-19(8-15(4)22(18)30-13-20(29)12-25)23-27-24(31-28-23)21-10-17(7-14(2)3)9-16(5)26-21/h8-11,14,20,29H,6-7,12-13,25H2,1-5H3/t20-/m0/s1. The van der Waals surface area contributed by atoms with E-state index in [1.807, 2.05) is 32.0 Å². The summed E-state index contributed by atoms with van der Waals surface area (Å²) < 4.78 is 11.4. The molecule has 0 bridgehead atoms. The van der Waals surface area contributed by atoms with Crippen molar-refractivity contribution in [1.29, 1.82) is 0 Å². The number of aromatic nitrogens is 3. The van der Waals surface area contributed by atoms with Crippen molar-refractivity contribution in [3.63, 3.8) is 0 Å². The Bertz CT molecular complexity index is 1030. The van der Waals surface area contributed by atoms with Gasteiger partial charge in [-0.05, 0) is 73.6 Å². The molecule has 0 aliphatic rings. The fourth-order valence-electron chi connectivity index (χ4n) is 3.58. The Kier molecular flexibility index (Phi) is 7.41. The molecule has 0 radical (unpaired) electrons. The summed E-state index contributed by atoms with van der Waals surface area (Å²) in [4.78, 5) is 9.19. The summed E-state index contributed by atoms with van der Waals surface area (Å²) in [6.45, 7) is 10.7. The quantitative estimate of drug-likeness (QED) is 0.537. The third-order valence-electron chi connectivity index (χ3n) is 4.99. The number of hydrogen-bond acceptors (Lipinski definition) is 7. The van der Waals surface area contributed by atoms with E-state index in [2.05, 4.69) is 42.0 Å². The van der Waals surface area contributed by atoms with Crippen molar-refractivity contribution in [2.75, 3.05) is 13.2 Å². The van der Waals surface area contributed by atoms with Crippen LogP contribution in [0.3, 0.4) is 0 Å². The lowest BCUT2D eigenvalue weighted by atomic mass is 10.0. The van der Waals surface area contributed by atoms with Gasteiger partial charge >= 0.3 is 0 Å². The monoisotopic (exact) mass is 424 g/mol. The molecule has 0 unspecified atom stereocenters. The van der Waals surface area contributed by atoms with Crippen molar-refractivity contribution in [3.8, 4) is 28.7 Å². The van der Waals surface area contributed by atoms with Gasteiger partial charge in [-0.1, -0.05) is 25.9 Å². The highest BCUT2D eigenvalue weighted by molar-refractivity contribution is 5.63. The first kappa shape index (κ1) is 22.9. The summed E-state index contributed by atoms with van der Waals surface area (Å²) in [5, 5.41) is 13.9. The van der Waals surface area contributed by atoms with Gasteiger partial charge in [0.2, 0.25) is 5.82 Å². The Morgan fingerprint density at radius 1 is 1.13 bits per heavy atom. The molecule has 31 heavy (non-hydrogen) atoms. The molecule has 0 aliphatic carbocycles. The van der Waals surface area contributed by atoms with Crippen LogP contribution in [0.1, 0.15) is 43.2 Å². The Hall–Kier alpha value is -2.77. The van der Waals surface area contributed by atoms with Gasteiger partial charge in [0.1, 0.15) is 24.2 Å². The third kappa shape index (κ3) is 5.68. The van der Waals surface area contributed by atoms with Crippen LogP contribution in [-0.4, -0.2) is 39.5 Å². The summed E-state index contributed by atoms with van der Waals surface area (Å²) >= 11 is 0. The Labute approximate surface area is 183 Å². The molecular weight excluding hydrogens is 392 g/mol. The second-order valence-electron chi connectivity index (χ2n) is 8.36. The molecule has 7 heteroatoms. The van der Waals surface area contributed by atoms with Crippen LogP contribution in [-0.2, 0) is 12.8 Å². The Morgan fingerprint density at radius 2 is 1.90 bits per heavy atom. The van der Waals surface area contributed by atoms with Crippen LogP contribution in [0, 0.1) is 19.8 Å². The average molecular weight is 425 g/mol. The van der Waals surface area contributed by atoms with E-state index in [1.54, 1.807) is 0 Å². The minimum atomic E-state index is -0.689. The molecular formula is C24H32N4O3. The van der Waals surface area contributed by atoms with E-state index in [1.165, 1.54) is 5.56 Å². The van der Waals surface area contributed by atoms with Crippen LogP contribution >= 0.6 is 0 Å². The maximum atomic E-state index is 9.72. The average Bonchev–Trinajstić information content (AvgIpc) is 3.21. The molecule has 2 heterocycles. The van der Waals surface area contributed by atoms with Gasteiger partial charge in [0.25, 0.3) is 5.89 Å². The number of benzene rings is 1. The molecule has 1 aromatic carbocycles. The zero-order valence-corrected chi connectivity index (χ0v) is 19.0. The molecule has 0 saturated carbocycles. The van der Waals surface area contributed by atoms with Crippen molar-refractivity contribution in [2.24, 2.45) is 11.7 Å². The van der Waals surface area contributed by atoms with Gasteiger partial charge in [-0.3, -0.25) is 0 Å². The van der Waals surface area contributed by atoms with E-state index in [0.717, 1.165) is 41.0 Å². The fraction of sp³-hybridized carbons (Fsp3) is 0.458. The molecule has 3 rings (SSSR count). The topological polar surface area (TPSA) is 107 Å². The fourth-order valence-corrected chi connectivity index (χ4v) is 3.58. The predicted molar refractivity (Wildman–Crippen MR) is 121 cm³/mol. The first-order chi connectivity index (χ1) is 14.8. The van der Waals surface area contributed by atoms with Crippen molar-refractivity contribution in [3.05, 3.63) is 46.6 Å². The minimum Gasteiger partial charge on any atom is -0.490 e. The summed E-state index contributed by atoms with van der Waals surface area (Å²) in [6.07, 6.45) is 1.05. The lowest BCUT2D eigenvalue weighted by molar-refractivity contribution is 0.113. The molecule has 1 atom stereocenters. The van der Waals surface area contributed by atoms with Crippen LogP contribution in [0.2, 0.25) is 0 Å². The van der Waals surface area contributed by atoms with Gasteiger partial charge in [0.05, 0.1) is 0 Å². The van der Waals surface area contributed by atoms with Crippen molar-refractivity contribution in [2.45, 2.75) is 53.6 Å². The van der Waals surface area contributed by atoms with E-state index in [9.17, 15) is 5.11 Å². The number of hydrogen-bond donors (Lipinski definition) is 2. The third-order valence-corrected chi connectivity index (χ3v) is 4.99. The zero-order chi connectivity index (χ0) is 22.5. The first-order valence-electron chi connectivity index (χ1n) is 10.8. The number of nitrogens with two attached hydrogens (primary N) is 1. The van der Waals surface area contributed by atoms with Crippen LogP contribution in [0.4, 0.5) is 0 Å². The Balaban J connectivity index is 1.90. The second-order valence-corrected chi connectivity index (χ2v) is 8.36. The lowest BCUT2D eigenvalue weighted by Crippen LogP contribution is -2.27. The number of rotatable bonds is 9. The maximum Gasteiger partial charge on any atom is 0.276 e. The number of aryl methyl sites for hydroxylation is 3. The van der Waals surface area contributed by atoms with Crippen molar-refractivity contribution in [1.82, 2.24) is 15.1 Å². The number of pyridine rings is 1. The van der Waals surface area contributed by atoms with Crippen LogP contribution in [0.15, 0.2) is 28.8 Å². The highest BCUT2D eigenvalue weighted by Gasteiger charge is 2.17. The highest BCUT2D eigenvalue weighted by Crippen LogP contribution is 2.31. The summed E-state index contributed by atoms with van der Waals surface area (Å²) in [6, 6.07) is 8.08. The summed E-state index contributed by atoms with van der Waals surface area (Å²) in [7, 11) is 0. The summed E-state index contributed by atoms with van der Waals surface area (Å²) in [5.41, 5.74) is 11.1. The van der Waals surface area contributed by atoms with Gasteiger partial charge in [-0.15, -0.1) is 0 Å². The zero-order valence-electron chi connectivity index (χ0n) is 19.0. The van der Waals surface area contributed by atoms with E-state index in [0.29, 0.717) is 23.3 Å². The molecule has 0 amide bonds. The van der Waals surface area contributed by atoms with Gasteiger partial charge < -0.3 is 20.1 Å². The second kappa shape index (κ2) is 10.0. The molecule has 3 N–H and O–H groups in total. The number of aliphatic hydroxyl groups excluding tert-OH is 1. The van der Waals surface area contributed by atoms with Crippen LogP contribution in [0.5, 0.6) is 5.75 Å². The predicted octanol–water partition coefficient (Wildman–Crippen LogP) is 3.87. The highest BCUT2D eigenvalue weighted by atomic mass is 16.5. The molecule has 0 aliphatic heterocycles. The number of nitrogens with zero attached hydrogens (tertiary/aromatic N) is 3. The van der Waals surface area contributed by atoms with Gasteiger partial charge in [0.15, 0.2) is 0 Å². The van der Waals surface area contributed by atoms with Crippen molar-refractivity contribution >= 4 is 0 Å². The first-order valence-corrected chi connectivity index (χ1v) is 10.8. The van der Waals surface area contributed by atoms with E-state index < -0.39 is 6.10 Å². The molecule has 0 saturated heterocycles. The molecule has 0 spiro atoms. The number of aliphatic hydroxyl groups is 1. The molecule has 2 aromatic heterocycles. The minimum absolute atomic E-state index is 0.160. The molecule has 0 fully saturated rings. The van der Waals surface area contributed by atoms with Gasteiger partial charge in [0, 0.05) is 17.8 Å². The summed E-state index contributed by atoms with van der Waals surface area (Å²) in [5.74, 6) is 2.23. The van der Waals surface area contributed by atoms with Crippen LogP contribution < -0.4 is 10.5 Å². The van der Waals surface area contributed by atoms with Crippen molar-refractivity contribution < 1.29 is 14.4 Å². The Morgan fingerprint density at radius 3 is 2.58 bits per heavy atom. The normalized spacial score (nSPS) is 12.4. The molecule has 7 nitrogen and oxygen atoms in total. The van der Waals surface area contributed by atoms with Crippen LogP contribution in [0.25, 0.3) is 23.0 Å². The van der Waals surface area contributed by atoms with E-state index in [4.69, 9.17) is 15.0 Å². The molecule has 166 valence electrons. The lowest BCUT2D eigenvalue weighted by Gasteiger charge is -2.16. The smallest absolute Gasteiger partial charge is 0.276 e.